The molecule has 0 saturated carbocycles. The van der Waals surface area contributed by atoms with Crippen molar-refractivity contribution < 1.29 is 4.43 Å². The molecular weight excluding hydrogens is 248 g/mol. The van der Waals surface area contributed by atoms with Crippen molar-refractivity contribution in [2.45, 2.75) is 93.6 Å². The van der Waals surface area contributed by atoms with Crippen molar-refractivity contribution in [3.05, 3.63) is 0 Å². The molecule has 116 valence electrons. The molecule has 0 amide bonds. The van der Waals surface area contributed by atoms with Crippen LogP contribution in [0, 0.1) is 16.2 Å². The van der Waals surface area contributed by atoms with Gasteiger partial charge in [0, 0.05) is 0 Å². The smallest absolute Gasteiger partial charge is 0.146 e. The van der Waals surface area contributed by atoms with Crippen LogP contribution in [0.4, 0.5) is 0 Å². The SMILES string of the molecule is CC(C)(C)CCC(CC(C)(C)C)(CC(C)(C)C)O[SiH3]. The zero-order chi connectivity index (χ0) is 15.5. The molecular formula is C17H38OSi. The van der Waals surface area contributed by atoms with Crippen molar-refractivity contribution in [1.82, 2.24) is 0 Å². The van der Waals surface area contributed by atoms with Crippen molar-refractivity contribution in [3.8, 4) is 0 Å². The van der Waals surface area contributed by atoms with Crippen LogP contribution in [0.2, 0.25) is 0 Å². The first-order valence-electron chi connectivity index (χ1n) is 7.73. The molecule has 0 bridgehead atoms. The second kappa shape index (κ2) is 6.30. The fourth-order valence-corrected chi connectivity index (χ4v) is 3.51. The zero-order valence-corrected chi connectivity index (χ0v) is 17.2. The number of rotatable bonds is 5. The highest BCUT2D eigenvalue weighted by atomic mass is 28.2. The molecule has 0 aliphatic rings. The van der Waals surface area contributed by atoms with E-state index in [1.807, 2.05) is 0 Å². The zero-order valence-electron chi connectivity index (χ0n) is 15.2. The van der Waals surface area contributed by atoms with Gasteiger partial charge in [0.25, 0.3) is 0 Å². The van der Waals surface area contributed by atoms with Gasteiger partial charge in [0.1, 0.15) is 10.5 Å². The van der Waals surface area contributed by atoms with Gasteiger partial charge in [-0.1, -0.05) is 62.3 Å². The lowest BCUT2D eigenvalue weighted by Crippen LogP contribution is -2.40. The van der Waals surface area contributed by atoms with Gasteiger partial charge in [0.2, 0.25) is 0 Å². The highest BCUT2D eigenvalue weighted by Crippen LogP contribution is 2.42. The molecule has 1 nitrogen and oxygen atoms in total. The van der Waals surface area contributed by atoms with Gasteiger partial charge in [-0.25, -0.2) is 0 Å². The largest absolute Gasteiger partial charge is 0.422 e. The Kier molecular flexibility index (Phi) is 6.36. The maximum atomic E-state index is 6.22. The minimum absolute atomic E-state index is 0.0794. The molecule has 2 heteroatoms. The molecule has 0 aliphatic carbocycles. The Morgan fingerprint density at radius 3 is 1.21 bits per heavy atom. The molecule has 0 atom stereocenters. The molecule has 0 aromatic rings. The van der Waals surface area contributed by atoms with Crippen LogP contribution in [0.1, 0.15) is 88.0 Å². The second-order valence-electron chi connectivity index (χ2n) is 9.92. The van der Waals surface area contributed by atoms with Crippen molar-refractivity contribution in [3.63, 3.8) is 0 Å². The van der Waals surface area contributed by atoms with Gasteiger partial charge in [0.05, 0.1) is 5.60 Å². The summed E-state index contributed by atoms with van der Waals surface area (Å²) in [6.07, 6.45) is 4.75. The van der Waals surface area contributed by atoms with E-state index >= 15 is 0 Å². The summed E-state index contributed by atoms with van der Waals surface area (Å²) in [4.78, 5) is 0. The van der Waals surface area contributed by atoms with Crippen LogP contribution >= 0.6 is 0 Å². The Morgan fingerprint density at radius 2 is 1.00 bits per heavy atom. The van der Waals surface area contributed by atoms with E-state index in [9.17, 15) is 0 Å². The van der Waals surface area contributed by atoms with Crippen molar-refractivity contribution in [2.24, 2.45) is 16.2 Å². The third-order valence-electron chi connectivity index (χ3n) is 3.47. The fourth-order valence-electron chi connectivity index (χ4n) is 3.02. The highest BCUT2D eigenvalue weighted by Gasteiger charge is 2.38. The maximum Gasteiger partial charge on any atom is 0.146 e. The Bertz CT molecular complexity index is 246. The van der Waals surface area contributed by atoms with Gasteiger partial charge in [-0.15, -0.1) is 0 Å². The normalized spacial score (nSPS) is 15.0. The molecule has 0 aromatic heterocycles. The molecule has 0 radical (unpaired) electrons. The van der Waals surface area contributed by atoms with E-state index in [1.54, 1.807) is 0 Å². The van der Waals surface area contributed by atoms with Gasteiger partial charge in [-0.3, -0.25) is 0 Å². The minimum Gasteiger partial charge on any atom is -0.422 e. The van der Waals surface area contributed by atoms with E-state index in [2.05, 4.69) is 62.3 Å². The molecule has 19 heavy (non-hydrogen) atoms. The lowest BCUT2D eigenvalue weighted by Gasteiger charge is -2.43. The Hall–Kier alpha value is 0.177. The van der Waals surface area contributed by atoms with Gasteiger partial charge in [0.15, 0.2) is 0 Å². The summed E-state index contributed by atoms with van der Waals surface area (Å²) < 4.78 is 6.22. The first-order valence-corrected chi connectivity index (χ1v) is 8.55. The summed E-state index contributed by atoms with van der Waals surface area (Å²) in [6.45, 7) is 21.0. The molecule has 0 spiro atoms. The van der Waals surface area contributed by atoms with E-state index in [0.717, 1.165) is 23.3 Å². The van der Waals surface area contributed by atoms with Crippen LogP contribution in [0.15, 0.2) is 0 Å². The lowest BCUT2D eigenvalue weighted by molar-refractivity contribution is -0.0160. The predicted molar refractivity (Wildman–Crippen MR) is 90.6 cm³/mol. The van der Waals surface area contributed by atoms with E-state index in [-0.39, 0.29) is 5.60 Å². The molecule has 0 aromatic carbocycles. The van der Waals surface area contributed by atoms with Crippen LogP contribution in [0.5, 0.6) is 0 Å². The lowest BCUT2D eigenvalue weighted by atomic mass is 9.70. The topological polar surface area (TPSA) is 9.23 Å². The molecule has 0 saturated heterocycles. The second-order valence-corrected chi connectivity index (χ2v) is 10.3. The Labute approximate surface area is 125 Å². The summed E-state index contributed by atoms with van der Waals surface area (Å²) in [6, 6.07) is 0. The maximum absolute atomic E-state index is 6.22. The van der Waals surface area contributed by atoms with Gasteiger partial charge in [-0.2, -0.15) is 0 Å². The van der Waals surface area contributed by atoms with E-state index in [1.165, 1.54) is 12.8 Å². The average molecular weight is 287 g/mol. The standard InChI is InChI=1S/C17H38OSi/c1-14(2,3)10-11-17(18-19,12-15(4,5)6)13-16(7,8)9/h10-13H2,1-9,19H3. The molecule has 0 unspecified atom stereocenters. The van der Waals surface area contributed by atoms with Crippen LogP contribution in [0.25, 0.3) is 0 Å². The van der Waals surface area contributed by atoms with Crippen molar-refractivity contribution in [2.75, 3.05) is 0 Å². The quantitative estimate of drug-likeness (QED) is 0.664. The average Bonchev–Trinajstić information content (AvgIpc) is 2.08. The summed E-state index contributed by atoms with van der Waals surface area (Å²) in [5.74, 6) is 0. The van der Waals surface area contributed by atoms with Gasteiger partial charge < -0.3 is 4.43 Å². The first-order chi connectivity index (χ1) is 8.18. The number of hydrogen-bond donors (Lipinski definition) is 0. The van der Waals surface area contributed by atoms with Crippen LogP contribution in [0.3, 0.4) is 0 Å². The molecule has 0 fully saturated rings. The Balaban J connectivity index is 5.07. The first kappa shape index (κ1) is 19.2. The third-order valence-corrected chi connectivity index (χ3v) is 4.33. The summed E-state index contributed by atoms with van der Waals surface area (Å²) in [7, 11) is 0.834. The van der Waals surface area contributed by atoms with E-state index in [4.69, 9.17) is 4.43 Å². The molecule has 0 heterocycles. The fraction of sp³-hybridized carbons (Fsp3) is 1.00. The van der Waals surface area contributed by atoms with E-state index < -0.39 is 0 Å². The summed E-state index contributed by atoms with van der Waals surface area (Å²) in [5.41, 5.74) is 1.12. The monoisotopic (exact) mass is 286 g/mol. The molecule has 0 aliphatic heterocycles. The van der Waals surface area contributed by atoms with Crippen molar-refractivity contribution >= 4 is 10.5 Å². The third kappa shape index (κ3) is 9.67. The van der Waals surface area contributed by atoms with Gasteiger partial charge >= 0.3 is 0 Å². The van der Waals surface area contributed by atoms with E-state index in [0.29, 0.717) is 16.2 Å². The summed E-state index contributed by atoms with van der Waals surface area (Å²) >= 11 is 0. The molecule has 0 rings (SSSR count). The van der Waals surface area contributed by atoms with Gasteiger partial charge in [-0.05, 0) is 41.9 Å². The highest BCUT2D eigenvalue weighted by molar-refractivity contribution is 5.98. The summed E-state index contributed by atoms with van der Waals surface area (Å²) in [5, 5.41) is 0. The number of hydrogen-bond acceptors (Lipinski definition) is 1. The predicted octanol–water partition coefficient (Wildman–Crippen LogP) is 4.72. The van der Waals surface area contributed by atoms with Crippen LogP contribution in [-0.2, 0) is 4.43 Å². The Morgan fingerprint density at radius 1 is 0.632 bits per heavy atom. The minimum atomic E-state index is 0.0794. The van der Waals surface area contributed by atoms with Crippen LogP contribution < -0.4 is 0 Å². The van der Waals surface area contributed by atoms with Crippen molar-refractivity contribution in [1.29, 1.82) is 0 Å². The van der Waals surface area contributed by atoms with Crippen LogP contribution in [-0.4, -0.2) is 16.1 Å². The molecule has 0 N–H and O–H groups in total.